The topological polar surface area (TPSA) is 68.3 Å². The lowest BCUT2D eigenvalue weighted by Crippen LogP contribution is -2.37. The molecule has 1 N–H and O–H groups in total. The van der Waals surface area contributed by atoms with Crippen LogP contribution in [0.2, 0.25) is 10.0 Å². The second-order valence-corrected chi connectivity index (χ2v) is 7.64. The third kappa shape index (κ3) is 4.93. The van der Waals surface area contributed by atoms with E-state index < -0.39 is 18.0 Å². The molecule has 1 heterocycles. The summed E-state index contributed by atoms with van der Waals surface area (Å²) in [5, 5.41) is 4.53. The van der Waals surface area contributed by atoms with Gasteiger partial charge in [-0.2, -0.15) is 0 Å². The van der Waals surface area contributed by atoms with Crippen molar-refractivity contribution in [3.05, 3.63) is 49.4 Å². The summed E-state index contributed by atoms with van der Waals surface area (Å²) in [4.78, 5) is 29.1. The number of aryl methyl sites for hydroxylation is 2. The molecule has 1 aromatic carbocycles. The number of esters is 1. The van der Waals surface area contributed by atoms with Gasteiger partial charge in [0.25, 0.3) is 5.91 Å². The number of aromatic nitrogens is 1. The lowest BCUT2D eigenvalue weighted by atomic mass is 10.1. The smallest absolute Gasteiger partial charge is 0.351 e. The van der Waals surface area contributed by atoms with Crippen molar-refractivity contribution in [3.63, 3.8) is 0 Å². The van der Waals surface area contributed by atoms with Gasteiger partial charge in [-0.1, -0.05) is 29.3 Å². The number of halogens is 2. The minimum Gasteiger partial charge on any atom is -0.448 e. The molecule has 0 fully saturated rings. The van der Waals surface area contributed by atoms with Gasteiger partial charge in [0.1, 0.15) is 4.88 Å². The third-order valence-electron chi connectivity index (χ3n) is 3.53. The number of hydrogen-bond acceptors (Lipinski definition) is 5. The molecule has 0 unspecified atom stereocenters. The first-order valence-corrected chi connectivity index (χ1v) is 9.16. The number of carbonyl (C=O) groups is 2. The van der Waals surface area contributed by atoms with Gasteiger partial charge in [0.15, 0.2) is 6.10 Å². The van der Waals surface area contributed by atoms with E-state index in [0.717, 1.165) is 10.6 Å². The minimum atomic E-state index is -0.942. The average Bonchev–Trinajstić information content (AvgIpc) is 2.85. The summed E-state index contributed by atoms with van der Waals surface area (Å²) < 4.78 is 5.24. The monoisotopic (exact) mass is 400 g/mol. The van der Waals surface area contributed by atoms with Gasteiger partial charge in [0.05, 0.1) is 16.7 Å². The van der Waals surface area contributed by atoms with Crippen molar-refractivity contribution in [2.24, 2.45) is 0 Å². The number of rotatable bonds is 5. The highest BCUT2D eigenvalue weighted by atomic mass is 35.5. The maximum atomic E-state index is 12.3. The van der Waals surface area contributed by atoms with Crippen LogP contribution in [0.5, 0.6) is 0 Å². The Labute approximate surface area is 160 Å². The van der Waals surface area contributed by atoms with Crippen LogP contribution >= 0.6 is 34.5 Å². The predicted octanol–water partition coefficient (Wildman–Crippen LogP) is 4.49. The molecule has 5 nitrogen and oxygen atoms in total. The Kier molecular flexibility index (Phi) is 6.43. The fourth-order valence-electron chi connectivity index (χ4n) is 2.25. The van der Waals surface area contributed by atoms with E-state index in [-0.39, 0.29) is 6.04 Å². The molecule has 0 spiro atoms. The van der Waals surface area contributed by atoms with E-state index in [2.05, 4.69) is 10.3 Å². The van der Waals surface area contributed by atoms with Gasteiger partial charge in [-0.25, -0.2) is 9.78 Å². The number of amides is 1. The molecule has 0 radical (unpaired) electrons. The fourth-order valence-corrected chi connectivity index (χ4v) is 3.62. The molecule has 1 aromatic heterocycles. The van der Waals surface area contributed by atoms with Crippen molar-refractivity contribution in [3.8, 4) is 0 Å². The number of carbonyl (C=O) groups excluding carboxylic acids is 2. The summed E-state index contributed by atoms with van der Waals surface area (Å²) in [6.45, 7) is 6.85. The fraction of sp³-hybridized carbons (Fsp3) is 0.353. The highest BCUT2D eigenvalue weighted by Crippen LogP contribution is 2.26. The number of benzene rings is 1. The van der Waals surface area contributed by atoms with Gasteiger partial charge in [-0.05, 0) is 45.4 Å². The van der Waals surface area contributed by atoms with Crippen molar-refractivity contribution in [1.29, 1.82) is 0 Å². The Morgan fingerprint density at radius 2 is 1.92 bits per heavy atom. The molecular formula is C17H18Cl2N2O3S. The van der Waals surface area contributed by atoms with Crippen LogP contribution < -0.4 is 5.32 Å². The maximum absolute atomic E-state index is 12.3. The van der Waals surface area contributed by atoms with E-state index in [1.165, 1.54) is 18.3 Å². The van der Waals surface area contributed by atoms with Crippen molar-refractivity contribution >= 4 is 46.4 Å². The van der Waals surface area contributed by atoms with Crippen LogP contribution in [0.1, 0.15) is 45.8 Å². The summed E-state index contributed by atoms with van der Waals surface area (Å²) in [5.41, 5.74) is 1.33. The second kappa shape index (κ2) is 8.17. The second-order valence-electron chi connectivity index (χ2n) is 5.59. The number of ether oxygens (including phenoxy) is 1. The quantitative estimate of drug-likeness (QED) is 0.750. The molecule has 2 aromatic rings. The Morgan fingerprint density at radius 3 is 2.48 bits per heavy atom. The highest BCUT2D eigenvalue weighted by Gasteiger charge is 2.24. The van der Waals surface area contributed by atoms with Gasteiger partial charge >= 0.3 is 5.97 Å². The van der Waals surface area contributed by atoms with E-state index in [4.69, 9.17) is 27.9 Å². The lowest BCUT2D eigenvalue weighted by molar-refractivity contribution is -0.129. The van der Waals surface area contributed by atoms with Crippen molar-refractivity contribution in [2.45, 2.75) is 39.8 Å². The molecule has 1 amide bonds. The summed E-state index contributed by atoms with van der Waals surface area (Å²) >= 11 is 13.3. The summed E-state index contributed by atoms with van der Waals surface area (Å²) in [7, 11) is 0. The molecular weight excluding hydrogens is 383 g/mol. The molecule has 0 saturated heterocycles. The minimum absolute atomic E-state index is 0.356. The van der Waals surface area contributed by atoms with Gasteiger partial charge in [0, 0.05) is 10.0 Å². The predicted molar refractivity (Wildman–Crippen MR) is 99.5 cm³/mol. The van der Waals surface area contributed by atoms with Crippen LogP contribution in [-0.2, 0) is 9.53 Å². The average molecular weight is 401 g/mol. The molecule has 0 aliphatic carbocycles. The van der Waals surface area contributed by atoms with Crippen molar-refractivity contribution in [1.82, 2.24) is 10.3 Å². The van der Waals surface area contributed by atoms with E-state index in [1.807, 2.05) is 6.92 Å². The highest BCUT2D eigenvalue weighted by molar-refractivity contribution is 7.13. The number of nitrogens with one attached hydrogen (secondary N) is 1. The summed E-state index contributed by atoms with van der Waals surface area (Å²) in [6, 6.07) is 4.70. The molecule has 0 aliphatic rings. The Bertz CT molecular complexity index is 807. The number of thiazole rings is 1. The zero-order valence-electron chi connectivity index (χ0n) is 14.2. The zero-order valence-corrected chi connectivity index (χ0v) is 16.6. The van der Waals surface area contributed by atoms with Gasteiger partial charge in [-0.15, -0.1) is 11.3 Å². The molecule has 25 heavy (non-hydrogen) atoms. The van der Waals surface area contributed by atoms with E-state index in [9.17, 15) is 9.59 Å². The molecule has 2 atom stereocenters. The lowest BCUT2D eigenvalue weighted by Gasteiger charge is -2.19. The van der Waals surface area contributed by atoms with Crippen LogP contribution in [0, 0.1) is 13.8 Å². The molecule has 8 heteroatoms. The maximum Gasteiger partial charge on any atom is 0.351 e. The molecule has 0 aliphatic heterocycles. The van der Waals surface area contributed by atoms with Crippen molar-refractivity contribution in [2.75, 3.05) is 0 Å². The number of nitrogens with zero attached hydrogens (tertiary/aromatic N) is 1. The van der Waals surface area contributed by atoms with Crippen LogP contribution in [-0.4, -0.2) is 23.0 Å². The first-order valence-electron chi connectivity index (χ1n) is 7.59. The first-order chi connectivity index (χ1) is 11.7. The largest absolute Gasteiger partial charge is 0.448 e. The first kappa shape index (κ1) is 19.7. The van der Waals surface area contributed by atoms with Gasteiger partial charge in [-0.3, -0.25) is 4.79 Å². The SMILES string of the molecule is Cc1nc(C)c(C(=O)O[C@@H](C)C(=O)N[C@@H](C)c2ccc(Cl)cc2Cl)s1. The molecule has 0 saturated carbocycles. The van der Waals surface area contributed by atoms with Gasteiger partial charge < -0.3 is 10.1 Å². The van der Waals surface area contributed by atoms with Crippen LogP contribution in [0.4, 0.5) is 0 Å². The Balaban J connectivity index is 2.00. The number of hydrogen-bond donors (Lipinski definition) is 1. The standard InChI is InChI=1S/C17H18Cl2N2O3S/c1-8(13-6-5-12(18)7-14(13)19)21-16(22)10(3)24-17(23)15-9(2)20-11(4)25-15/h5-8,10H,1-4H3,(H,21,22)/t8-,10-/m0/s1. The Morgan fingerprint density at radius 1 is 1.24 bits per heavy atom. The van der Waals surface area contributed by atoms with Gasteiger partial charge in [0.2, 0.25) is 0 Å². The normalized spacial score (nSPS) is 13.2. The van der Waals surface area contributed by atoms with Crippen LogP contribution in [0.15, 0.2) is 18.2 Å². The van der Waals surface area contributed by atoms with Crippen molar-refractivity contribution < 1.29 is 14.3 Å². The Hall–Kier alpha value is -1.63. The summed E-state index contributed by atoms with van der Waals surface area (Å²) in [6.07, 6.45) is -0.942. The third-order valence-corrected chi connectivity index (χ3v) is 5.15. The van der Waals surface area contributed by atoms with Crippen LogP contribution in [0.25, 0.3) is 0 Å². The van der Waals surface area contributed by atoms with Crippen LogP contribution in [0.3, 0.4) is 0 Å². The van der Waals surface area contributed by atoms with E-state index >= 15 is 0 Å². The summed E-state index contributed by atoms with van der Waals surface area (Å²) in [5.74, 6) is -0.964. The zero-order chi connectivity index (χ0) is 18.7. The molecule has 0 bridgehead atoms. The molecule has 2 rings (SSSR count). The van der Waals surface area contributed by atoms with E-state index in [0.29, 0.717) is 20.6 Å². The molecule has 134 valence electrons. The van der Waals surface area contributed by atoms with E-state index in [1.54, 1.807) is 32.0 Å².